The van der Waals surface area contributed by atoms with E-state index in [-0.39, 0.29) is 6.61 Å². The van der Waals surface area contributed by atoms with E-state index in [2.05, 4.69) is 10.1 Å². The van der Waals surface area contributed by atoms with Crippen LogP contribution in [0.5, 0.6) is 0 Å². The van der Waals surface area contributed by atoms with E-state index in [1.165, 1.54) is 13.8 Å². The Labute approximate surface area is 149 Å². The van der Waals surface area contributed by atoms with Crippen LogP contribution in [0, 0.1) is 13.8 Å². The highest BCUT2D eigenvalue weighted by atomic mass is 19.4. The molecule has 0 bridgehead atoms. The lowest BCUT2D eigenvalue weighted by atomic mass is 9.89. The molecule has 0 saturated heterocycles. The van der Waals surface area contributed by atoms with Crippen molar-refractivity contribution >= 4 is 17.6 Å². The zero-order valence-electron chi connectivity index (χ0n) is 15.2. The van der Waals surface area contributed by atoms with Gasteiger partial charge in [-0.05, 0) is 38.8 Å². The van der Waals surface area contributed by atoms with Gasteiger partial charge in [-0.25, -0.2) is 9.59 Å². The van der Waals surface area contributed by atoms with Crippen LogP contribution < -0.4 is 5.32 Å². The van der Waals surface area contributed by atoms with Gasteiger partial charge in [-0.15, -0.1) is 0 Å². The predicted octanol–water partition coefficient (Wildman–Crippen LogP) is 2.59. The SMILES string of the molecule is CCOC(=O)[C@H](C)Nc1c(C)cc([C@@](O)(C(=O)OC)C(F)(F)F)cc1C. The number of halogens is 3. The summed E-state index contributed by atoms with van der Waals surface area (Å²) in [6, 6.07) is 1.32. The highest BCUT2D eigenvalue weighted by molar-refractivity contribution is 5.83. The van der Waals surface area contributed by atoms with Crippen LogP contribution in [0.2, 0.25) is 0 Å². The van der Waals surface area contributed by atoms with Crippen molar-refractivity contribution in [3.8, 4) is 0 Å². The first-order valence-electron chi connectivity index (χ1n) is 7.82. The van der Waals surface area contributed by atoms with Crippen molar-refractivity contribution in [1.29, 1.82) is 0 Å². The summed E-state index contributed by atoms with van der Waals surface area (Å²) in [6.45, 7) is 6.38. The van der Waals surface area contributed by atoms with Crippen molar-refractivity contribution < 1.29 is 37.3 Å². The summed E-state index contributed by atoms with van der Waals surface area (Å²) in [5, 5.41) is 12.9. The highest BCUT2D eigenvalue weighted by Crippen LogP contribution is 2.41. The molecule has 2 N–H and O–H groups in total. The monoisotopic (exact) mass is 377 g/mol. The molecule has 0 aliphatic heterocycles. The average molecular weight is 377 g/mol. The number of ether oxygens (including phenoxy) is 2. The summed E-state index contributed by atoms with van der Waals surface area (Å²) >= 11 is 0. The Hall–Kier alpha value is -2.29. The fraction of sp³-hybridized carbons (Fsp3) is 0.529. The minimum absolute atomic E-state index is 0.194. The second kappa shape index (κ2) is 7.94. The number of nitrogens with one attached hydrogen (secondary N) is 1. The normalized spacial score (nSPS) is 15.0. The lowest BCUT2D eigenvalue weighted by Crippen LogP contribution is -2.50. The van der Waals surface area contributed by atoms with E-state index >= 15 is 0 Å². The highest BCUT2D eigenvalue weighted by Gasteiger charge is 2.62. The Bertz CT molecular complexity index is 666. The summed E-state index contributed by atoms with van der Waals surface area (Å²) in [4.78, 5) is 23.4. The van der Waals surface area contributed by atoms with E-state index in [0.717, 1.165) is 19.2 Å². The quantitative estimate of drug-likeness (QED) is 0.742. The number of hydrogen-bond acceptors (Lipinski definition) is 6. The molecular formula is C17H22F3NO5. The van der Waals surface area contributed by atoms with Crippen molar-refractivity contribution in [3.05, 3.63) is 28.8 Å². The van der Waals surface area contributed by atoms with Crippen LogP contribution in [-0.4, -0.2) is 43.0 Å². The molecule has 1 aromatic carbocycles. The summed E-state index contributed by atoms with van der Waals surface area (Å²) in [7, 11) is 0.760. The molecule has 0 aliphatic carbocycles. The molecule has 2 atom stereocenters. The number of hydrogen-bond donors (Lipinski definition) is 2. The summed E-state index contributed by atoms with van der Waals surface area (Å²) in [6.07, 6.45) is -5.27. The average Bonchev–Trinajstić information content (AvgIpc) is 2.55. The Morgan fingerprint density at radius 2 is 1.73 bits per heavy atom. The van der Waals surface area contributed by atoms with E-state index < -0.39 is 35.3 Å². The zero-order chi connectivity index (χ0) is 20.3. The van der Waals surface area contributed by atoms with Crippen LogP contribution in [-0.2, 0) is 24.7 Å². The van der Waals surface area contributed by atoms with Gasteiger partial charge in [0.1, 0.15) is 6.04 Å². The third-order valence-corrected chi connectivity index (χ3v) is 3.84. The molecule has 0 aromatic heterocycles. The maximum Gasteiger partial charge on any atom is 0.432 e. The molecule has 1 aromatic rings. The maximum atomic E-state index is 13.4. The second-order valence-electron chi connectivity index (χ2n) is 5.80. The fourth-order valence-corrected chi connectivity index (χ4v) is 2.49. The van der Waals surface area contributed by atoms with Gasteiger partial charge in [-0.1, -0.05) is 12.1 Å². The molecular weight excluding hydrogens is 355 g/mol. The first kappa shape index (κ1) is 21.8. The van der Waals surface area contributed by atoms with Crippen molar-refractivity contribution in [2.45, 2.75) is 45.5 Å². The first-order valence-corrected chi connectivity index (χ1v) is 7.82. The van der Waals surface area contributed by atoms with Crippen LogP contribution >= 0.6 is 0 Å². The van der Waals surface area contributed by atoms with Gasteiger partial charge >= 0.3 is 18.1 Å². The van der Waals surface area contributed by atoms with Crippen molar-refractivity contribution in [2.75, 3.05) is 19.0 Å². The molecule has 0 unspecified atom stereocenters. The van der Waals surface area contributed by atoms with Gasteiger partial charge < -0.3 is 19.9 Å². The molecule has 146 valence electrons. The summed E-state index contributed by atoms with van der Waals surface area (Å²) < 4.78 is 49.1. The summed E-state index contributed by atoms with van der Waals surface area (Å²) in [5.74, 6) is -2.35. The number of carbonyl (C=O) groups is 2. The molecule has 0 aliphatic rings. The Kier molecular flexibility index (Phi) is 6.65. The van der Waals surface area contributed by atoms with Crippen molar-refractivity contribution in [3.63, 3.8) is 0 Å². The second-order valence-corrected chi connectivity index (χ2v) is 5.80. The Balaban J connectivity index is 3.35. The largest absolute Gasteiger partial charge is 0.466 e. The molecule has 1 rings (SSSR count). The van der Waals surface area contributed by atoms with Gasteiger partial charge in [0.25, 0.3) is 5.60 Å². The topological polar surface area (TPSA) is 84.9 Å². The molecule has 0 heterocycles. The van der Waals surface area contributed by atoms with Gasteiger partial charge in [0.05, 0.1) is 13.7 Å². The smallest absolute Gasteiger partial charge is 0.432 e. The summed E-state index contributed by atoms with van der Waals surface area (Å²) in [5.41, 5.74) is -3.43. The lowest BCUT2D eigenvalue weighted by Gasteiger charge is -2.29. The van der Waals surface area contributed by atoms with E-state index in [1.54, 1.807) is 13.8 Å². The van der Waals surface area contributed by atoms with E-state index in [4.69, 9.17) is 4.74 Å². The molecule has 9 heteroatoms. The number of alkyl halides is 3. The lowest BCUT2D eigenvalue weighted by molar-refractivity contribution is -0.266. The van der Waals surface area contributed by atoms with Crippen LogP contribution in [0.1, 0.15) is 30.5 Å². The van der Waals surface area contributed by atoms with Crippen LogP contribution in [0.15, 0.2) is 12.1 Å². The number of methoxy groups -OCH3 is 1. The fourth-order valence-electron chi connectivity index (χ4n) is 2.49. The van der Waals surface area contributed by atoms with Crippen LogP contribution in [0.3, 0.4) is 0 Å². The zero-order valence-corrected chi connectivity index (χ0v) is 15.2. The number of aliphatic hydroxyl groups is 1. The van der Waals surface area contributed by atoms with Gasteiger partial charge in [0, 0.05) is 11.3 Å². The van der Waals surface area contributed by atoms with Gasteiger partial charge in [-0.3, -0.25) is 0 Å². The number of anilines is 1. The number of carbonyl (C=O) groups excluding carboxylic acids is 2. The molecule has 6 nitrogen and oxygen atoms in total. The number of rotatable bonds is 6. The molecule has 0 spiro atoms. The van der Waals surface area contributed by atoms with Crippen LogP contribution in [0.25, 0.3) is 0 Å². The standard InChI is InChI=1S/C17H22F3NO5/c1-6-26-14(22)11(4)21-13-9(2)7-12(8-10(13)3)16(24,15(23)25-5)17(18,19)20/h7-8,11,21,24H,6H2,1-5H3/t11-,16+/m0/s1. The third-order valence-electron chi connectivity index (χ3n) is 3.84. The third kappa shape index (κ3) is 4.09. The molecule has 0 radical (unpaired) electrons. The minimum atomic E-state index is -5.27. The molecule has 0 fully saturated rings. The Morgan fingerprint density at radius 3 is 2.12 bits per heavy atom. The predicted molar refractivity (Wildman–Crippen MR) is 87.6 cm³/mol. The minimum Gasteiger partial charge on any atom is -0.466 e. The number of aryl methyl sites for hydroxylation is 2. The first-order chi connectivity index (χ1) is 11.9. The van der Waals surface area contributed by atoms with Gasteiger partial charge in [-0.2, -0.15) is 13.2 Å². The molecule has 0 saturated carbocycles. The number of benzene rings is 1. The van der Waals surface area contributed by atoms with Crippen molar-refractivity contribution in [1.82, 2.24) is 0 Å². The maximum absolute atomic E-state index is 13.4. The van der Waals surface area contributed by atoms with Crippen molar-refractivity contribution in [2.24, 2.45) is 0 Å². The molecule has 26 heavy (non-hydrogen) atoms. The molecule has 0 amide bonds. The van der Waals surface area contributed by atoms with Gasteiger partial charge in [0.2, 0.25) is 0 Å². The van der Waals surface area contributed by atoms with E-state index in [9.17, 15) is 27.9 Å². The van der Waals surface area contributed by atoms with Crippen LogP contribution in [0.4, 0.5) is 18.9 Å². The van der Waals surface area contributed by atoms with E-state index in [0.29, 0.717) is 16.8 Å². The Morgan fingerprint density at radius 1 is 1.23 bits per heavy atom. The van der Waals surface area contributed by atoms with E-state index in [1.807, 2.05) is 0 Å². The number of esters is 2. The van der Waals surface area contributed by atoms with Gasteiger partial charge in [0.15, 0.2) is 0 Å².